The van der Waals surface area contributed by atoms with E-state index in [1.54, 1.807) is 40.3 Å². The molecule has 4 aromatic carbocycles. The summed E-state index contributed by atoms with van der Waals surface area (Å²) in [4.78, 5) is 22.3. The van der Waals surface area contributed by atoms with Gasteiger partial charge in [0, 0.05) is 5.39 Å². The Labute approximate surface area is 262 Å². The maximum absolute atomic E-state index is 12.6. The lowest BCUT2D eigenvalue weighted by Gasteiger charge is -2.33. The Bertz CT molecular complexity index is 2000. The molecule has 9 heteroatoms. The van der Waals surface area contributed by atoms with Gasteiger partial charge in [-0.25, -0.2) is 9.97 Å². The lowest BCUT2D eigenvalue weighted by Crippen LogP contribution is -2.38. The summed E-state index contributed by atoms with van der Waals surface area (Å²) in [5.41, 5.74) is 4.44. The molecular weight excluding hydrogens is 587 g/mol. The molecule has 0 aliphatic carbocycles. The average molecular weight is 612 g/mol. The Morgan fingerprint density at radius 1 is 0.795 bits per heavy atom. The van der Waals surface area contributed by atoms with Crippen molar-refractivity contribution in [1.82, 2.24) is 19.7 Å². The number of aromatic nitrogens is 4. The van der Waals surface area contributed by atoms with Crippen LogP contribution in [0.4, 0.5) is 5.82 Å². The van der Waals surface area contributed by atoms with E-state index in [0.717, 1.165) is 38.2 Å². The van der Waals surface area contributed by atoms with E-state index in [9.17, 15) is 10.1 Å². The highest BCUT2D eigenvalue weighted by molar-refractivity contribution is 8.00. The molecule has 0 radical (unpaired) electrons. The average Bonchev–Trinajstić information content (AvgIpc) is 3.75. The number of hydrogen-bond acceptors (Lipinski definition) is 7. The monoisotopic (exact) mass is 611 g/mol. The zero-order valence-electron chi connectivity index (χ0n) is 23.6. The maximum atomic E-state index is 12.6. The second kappa shape index (κ2) is 11.5. The Morgan fingerprint density at radius 2 is 1.41 bits per heavy atom. The number of benzene rings is 4. The summed E-state index contributed by atoms with van der Waals surface area (Å²) in [6.45, 7) is 0. The van der Waals surface area contributed by atoms with Gasteiger partial charge in [-0.1, -0.05) is 97.1 Å². The quantitative estimate of drug-likeness (QED) is 0.0739. The van der Waals surface area contributed by atoms with Crippen molar-refractivity contribution in [3.8, 4) is 21.7 Å². The number of fused-ring (bicyclic) bond motifs is 1. The summed E-state index contributed by atoms with van der Waals surface area (Å²) in [7, 11) is 0. The fraction of sp³-hybridized carbons (Fsp3) is 0.0571. The first-order valence-electron chi connectivity index (χ1n) is 13.9. The Hall–Kier alpha value is -5.12. The Morgan fingerprint density at radius 3 is 1.95 bits per heavy atom. The van der Waals surface area contributed by atoms with Gasteiger partial charge < -0.3 is 10.1 Å². The van der Waals surface area contributed by atoms with Crippen LogP contribution in [-0.2, 0) is 5.54 Å². The molecule has 0 aliphatic rings. The first kappa shape index (κ1) is 27.7. The van der Waals surface area contributed by atoms with Crippen LogP contribution in [0.1, 0.15) is 16.7 Å². The van der Waals surface area contributed by atoms with Crippen molar-refractivity contribution in [2.24, 2.45) is 0 Å². The van der Waals surface area contributed by atoms with Gasteiger partial charge >= 0.3 is 5.82 Å². The molecule has 7 aromatic rings. The van der Waals surface area contributed by atoms with Gasteiger partial charge in [0.1, 0.15) is 11.9 Å². The number of nitrogens with zero attached hydrogens (tertiary/aromatic N) is 5. The first-order chi connectivity index (χ1) is 21.6. The third kappa shape index (κ3) is 4.67. The highest BCUT2D eigenvalue weighted by atomic mass is 32.2. The predicted molar refractivity (Wildman–Crippen MR) is 177 cm³/mol. The zero-order valence-corrected chi connectivity index (χ0v) is 25.2. The van der Waals surface area contributed by atoms with Crippen LogP contribution in [-0.4, -0.2) is 30.9 Å². The van der Waals surface area contributed by atoms with Crippen molar-refractivity contribution in [3.05, 3.63) is 161 Å². The number of thioether (sulfide) groups is 1. The van der Waals surface area contributed by atoms with E-state index in [1.165, 1.54) is 4.21 Å². The van der Waals surface area contributed by atoms with Gasteiger partial charge in [0.15, 0.2) is 5.54 Å². The maximum Gasteiger partial charge on any atom is 0.397 e. The summed E-state index contributed by atoms with van der Waals surface area (Å²) < 4.78 is 2.93. The van der Waals surface area contributed by atoms with Crippen molar-refractivity contribution < 1.29 is 4.92 Å². The van der Waals surface area contributed by atoms with Crippen molar-refractivity contribution >= 4 is 39.8 Å². The van der Waals surface area contributed by atoms with Gasteiger partial charge in [-0.2, -0.15) is 4.68 Å². The van der Waals surface area contributed by atoms with Crippen LogP contribution in [0.15, 0.2) is 138 Å². The van der Waals surface area contributed by atoms with E-state index in [0.29, 0.717) is 11.1 Å². The molecule has 3 aromatic heterocycles. The number of nitro groups is 1. The molecule has 0 fully saturated rings. The highest BCUT2D eigenvalue weighted by Crippen LogP contribution is 2.43. The smallest absolute Gasteiger partial charge is 0.358 e. The summed E-state index contributed by atoms with van der Waals surface area (Å²) in [5, 5.41) is 18.2. The van der Waals surface area contributed by atoms with E-state index in [-0.39, 0.29) is 5.82 Å². The van der Waals surface area contributed by atoms with Gasteiger partial charge in [-0.15, -0.1) is 23.1 Å². The molecule has 0 atom stereocenters. The molecule has 0 unspecified atom stereocenters. The summed E-state index contributed by atoms with van der Waals surface area (Å²) in [6.07, 6.45) is 5.40. The van der Waals surface area contributed by atoms with Gasteiger partial charge in [-0.3, -0.25) is 0 Å². The minimum absolute atomic E-state index is 0.226. The predicted octanol–water partition coefficient (Wildman–Crippen LogP) is 8.69. The van der Waals surface area contributed by atoms with Crippen molar-refractivity contribution in [1.29, 1.82) is 0 Å². The first-order valence-corrected chi connectivity index (χ1v) is 15.9. The lowest BCUT2D eigenvalue weighted by molar-refractivity contribution is -0.389. The second-order valence-corrected chi connectivity index (χ2v) is 12.3. The van der Waals surface area contributed by atoms with Crippen LogP contribution in [0.3, 0.4) is 0 Å². The van der Waals surface area contributed by atoms with Crippen LogP contribution in [0.5, 0.6) is 0 Å². The van der Waals surface area contributed by atoms with E-state index in [4.69, 9.17) is 5.10 Å². The van der Waals surface area contributed by atoms with Crippen molar-refractivity contribution in [2.75, 3.05) is 6.26 Å². The summed E-state index contributed by atoms with van der Waals surface area (Å²) in [5.74, 6) is -0.226. The molecule has 0 saturated carbocycles. The number of thiophene rings is 1. The van der Waals surface area contributed by atoms with Crippen LogP contribution < -0.4 is 0 Å². The standard InChI is InChI=1S/C35H25N5O2S2/c1-43-32-20-19-31(44-32)33-28-21-24(17-18-30(28)36-23-37-33)29-22-39(38-34(29)40(41)42)35(25-11-5-2-6-12-25,26-13-7-3-8-14-26)27-15-9-4-10-16-27/h2-23H,1H3. The molecule has 214 valence electrons. The Balaban J connectivity index is 1.50. The Kier molecular flexibility index (Phi) is 7.25. The lowest BCUT2D eigenvalue weighted by atomic mass is 9.77. The van der Waals surface area contributed by atoms with E-state index in [2.05, 4.69) is 22.1 Å². The van der Waals surface area contributed by atoms with E-state index >= 15 is 0 Å². The zero-order chi connectivity index (χ0) is 30.1. The molecule has 0 saturated heterocycles. The summed E-state index contributed by atoms with van der Waals surface area (Å²) in [6, 6.07) is 39.8. The molecule has 0 aliphatic heterocycles. The van der Waals surface area contributed by atoms with Crippen LogP contribution in [0.25, 0.3) is 32.6 Å². The molecular formula is C35H25N5O2S2. The minimum atomic E-state index is -0.983. The molecule has 0 N–H and O–H groups in total. The third-order valence-electron chi connectivity index (χ3n) is 7.75. The van der Waals surface area contributed by atoms with Crippen LogP contribution in [0.2, 0.25) is 0 Å². The normalized spacial score (nSPS) is 11.6. The van der Waals surface area contributed by atoms with Gasteiger partial charge in [-0.05, 0) is 57.7 Å². The molecule has 3 heterocycles. The van der Waals surface area contributed by atoms with Gasteiger partial charge in [0.05, 0.1) is 31.6 Å². The minimum Gasteiger partial charge on any atom is -0.358 e. The number of hydrogen-bond donors (Lipinski definition) is 0. The van der Waals surface area contributed by atoms with Crippen molar-refractivity contribution in [2.45, 2.75) is 9.75 Å². The molecule has 0 bridgehead atoms. The van der Waals surface area contributed by atoms with Crippen LogP contribution in [0, 0.1) is 10.1 Å². The largest absolute Gasteiger partial charge is 0.397 e. The SMILES string of the molecule is CSc1ccc(-c2ncnc3ccc(-c4cn(C(c5ccccc5)(c5ccccc5)c5ccccc5)nc4[N+](=O)[O-])cc23)s1. The topological polar surface area (TPSA) is 86.7 Å². The second-order valence-electron chi connectivity index (χ2n) is 10.2. The molecule has 7 rings (SSSR count). The van der Waals surface area contributed by atoms with Gasteiger partial charge in [0.2, 0.25) is 0 Å². The molecule has 0 amide bonds. The number of rotatable bonds is 8. The van der Waals surface area contributed by atoms with Crippen molar-refractivity contribution in [3.63, 3.8) is 0 Å². The van der Waals surface area contributed by atoms with E-state index in [1.807, 2.05) is 115 Å². The molecule has 0 spiro atoms. The third-order valence-corrected chi connectivity index (χ3v) is 9.92. The fourth-order valence-corrected chi connectivity index (χ4v) is 7.34. The molecule has 44 heavy (non-hydrogen) atoms. The molecule has 7 nitrogen and oxygen atoms in total. The van der Waals surface area contributed by atoms with Crippen LogP contribution >= 0.6 is 23.1 Å². The fourth-order valence-electron chi connectivity index (χ4n) is 5.79. The van der Waals surface area contributed by atoms with E-state index < -0.39 is 10.5 Å². The van der Waals surface area contributed by atoms with Gasteiger partial charge in [0.25, 0.3) is 0 Å². The summed E-state index contributed by atoms with van der Waals surface area (Å²) >= 11 is 3.34. The highest BCUT2D eigenvalue weighted by Gasteiger charge is 2.43.